The van der Waals surface area contributed by atoms with Gasteiger partial charge in [0.05, 0.1) is 6.04 Å². The van der Waals surface area contributed by atoms with Crippen molar-refractivity contribution in [2.75, 3.05) is 24.5 Å². The molecule has 1 saturated heterocycles. The highest BCUT2D eigenvalue weighted by atomic mass is 79.9. The molecule has 2 aromatic carbocycles. The van der Waals surface area contributed by atoms with Crippen molar-refractivity contribution in [2.45, 2.75) is 13.0 Å². The fourth-order valence-corrected chi connectivity index (χ4v) is 3.23. The van der Waals surface area contributed by atoms with Gasteiger partial charge in [0.15, 0.2) is 0 Å². The number of hydrogen-bond acceptors (Lipinski definition) is 2. The molecular weight excluding hydrogens is 312 g/mol. The Morgan fingerprint density at radius 3 is 2.70 bits per heavy atom. The minimum absolute atomic E-state index is 0.401. The molecular formula is C17H19BrN2. The van der Waals surface area contributed by atoms with Crippen LogP contribution < -0.4 is 10.2 Å². The van der Waals surface area contributed by atoms with Crippen LogP contribution in [0.1, 0.15) is 17.2 Å². The summed E-state index contributed by atoms with van der Waals surface area (Å²) in [5, 5.41) is 3.51. The van der Waals surface area contributed by atoms with E-state index >= 15 is 0 Å². The summed E-state index contributed by atoms with van der Waals surface area (Å²) in [6, 6.07) is 17.6. The highest BCUT2D eigenvalue weighted by Gasteiger charge is 2.25. The van der Waals surface area contributed by atoms with E-state index in [0.29, 0.717) is 6.04 Å². The quantitative estimate of drug-likeness (QED) is 0.898. The molecule has 1 aliphatic rings. The summed E-state index contributed by atoms with van der Waals surface area (Å²) >= 11 is 3.65. The van der Waals surface area contributed by atoms with Gasteiger partial charge in [0.25, 0.3) is 0 Å². The molecule has 3 rings (SSSR count). The second-order valence-corrected chi connectivity index (χ2v) is 6.06. The largest absolute Gasteiger partial charge is 0.362 e. The molecule has 1 atom stereocenters. The third-order valence-electron chi connectivity index (χ3n) is 3.98. The van der Waals surface area contributed by atoms with Crippen molar-refractivity contribution in [3.05, 3.63) is 64.1 Å². The fourth-order valence-electron chi connectivity index (χ4n) is 2.87. The summed E-state index contributed by atoms with van der Waals surface area (Å²) in [5.41, 5.74) is 4.02. The Hall–Kier alpha value is -1.32. The average molecular weight is 331 g/mol. The van der Waals surface area contributed by atoms with Gasteiger partial charge in [0.1, 0.15) is 0 Å². The summed E-state index contributed by atoms with van der Waals surface area (Å²) in [5.74, 6) is 0. The minimum Gasteiger partial charge on any atom is -0.362 e. The Kier molecular flexibility index (Phi) is 4.08. The van der Waals surface area contributed by atoms with E-state index in [0.717, 1.165) is 19.6 Å². The predicted molar refractivity (Wildman–Crippen MR) is 88.3 cm³/mol. The van der Waals surface area contributed by atoms with E-state index in [1.54, 1.807) is 0 Å². The summed E-state index contributed by atoms with van der Waals surface area (Å²) in [7, 11) is 0. The van der Waals surface area contributed by atoms with E-state index < -0.39 is 0 Å². The molecule has 1 N–H and O–H groups in total. The van der Waals surface area contributed by atoms with Crippen LogP contribution in [0.2, 0.25) is 0 Å². The first kappa shape index (κ1) is 13.7. The van der Waals surface area contributed by atoms with E-state index in [1.807, 2.05) is 0 Å². The fraction of sp³-hybridized carbons (Fsp3) is 0.294. The zero-order chi connectivity index (χ0) is 13.9. The first-order valence-electron chi connectivity index (χ1n) is 7.05. The highest BCUT2D eigenvalue weighted by Crippen LogP contribution is 2.33. The van der Waals surface area contributed by atoms with Crippen LogP contribution in [0.3, 0.4) is 0 Å². The van der Waals surface area contributed by atoms with Gasteiger partial charge in [-0.3, -0.25) is 0 Å². The van der Waals surface area contributed by atoms with Crippen molar-refractivity contribution >= 4 is 21.6 Å². The first-order valence-corrected chi connectivity index (χ1v) is 7.84. The molecule has 0 aliphatic carbocycles. The van der Waals surface area contributed by atoms with Crippen molar-refractivity contribution in [1.82, 2.24) is 5.32 Å². The smallest absolute Gasteiger partial charge is 0.0667 e. The van der Waals surface area contributed by atoms with Gasteiger partial charge in [-0.25, -0.2) is 0 Å². The molecule has 0 amide bonds. The van der Waals surface area contributed by atoms with Crippen molar-refractivity contribution in [2.24, 2.45) is 0 Å². The van der Waals surface area contributed by atoms with Gasteiger partial charge in [0, 0.05) is 29.8 Å². The number of rotatable bonds is 2. The molecule has 20 heavy (non-hydrogen) atoms. The van der Waals surface area contributed by atoms with Gasteiger partial charge in [-0.15, -0.1) is 0 Å². The zero-order valence-corrected chi connectivity index (χ0v) is 13.2. The lowest BCUT2D eigenvalue weighted by atomic mass is 10.0. The lowest BCUT2D eigenvalue weighted by Gasteiger charge is -2.39. The van der Waals surface area contributed by atoms with Gasteiger partial charge >= 0.3 is 0 Å². The first-order chi connectivity index (χ1) is 9.77. The zero-order valence-electron chi connectivity index (χ0n) is 11.6. The van der Waals surface area contributed by atoms with E-state index in [1.165, 1.54) is 21.3 Å². The van der Waals surface area contributed by atoms with Crippen LogP contribution in [-0.2, 0) is 0 Å². The molecule has 0 aromatic heterocycles. The van der Waals surface area contributed by atoms with Crippen LogP contribution in [0.5, 0.6) is 0 Å². The van der Waals surface area contributed by atoms with Gasteiger partial charge in [-0.1, -0.05) is 52.3 Å². The molecule has 1 heterocycles. The van der Waals surface area contributed by atoms with Gasteiger partial charge in [-0.2, -0.15) is 0 Å². The Morgan fingerprint density at radius 1 is 1.10 bits per heavy atom. The molecule has 0 saturated carbocycles. The maximum Gasteiger partial charge on any atom is 0.0667 e. The summed E-state index contributed by atoms with van der Waals surface area (Å²) in [4.78, 5) is 2.52. The maximum atomic E-state index is 3.65. The molecule has 0 radical (unpaired) electrons. The van der Waals surface area contributed by atoms with E-state index in [4.69, 9.17) is 0 Å². The number of halogens is 1. The van der Waals surface area contributed by atoms with E-state index in [9.17, 15) is 0 Å². The molecule has 3 heteroatoms. The monoisotopic (exact) mass is 330 g/mol. The van der Waals surface area contributed by atoms with Crippen molar-refractivity contribution < 1.29 is 0 Å². The Balaban J connectivity index is 1.99. The van der Waals surface area contributed by atoms with E-state index in [2.05, 4.69) is 81.6 Å². The maximum absolute atomic E-state index is 3.65. The Bertz CT molecular complexity index is 583. The lowest BCUT2D eigenvalue weighted by Crippen LogP contribution is -2.46. The number of anilines is 1. The normalized spacial score (nSPS) is 19.1. The van der Waals surface area contributed by atoms with Crippen molar-refractivity contribution in [1.29, 1.82) is 0 Å². The van der Waals surface area contributed by atoms with Crippen LogP contribution in [0, 0.1) is 6.92 Å². The SMILES string of the molecule is Cc1c(Br)cccc1N1CCNCC1c1ccccc1. The molecule has 1 fully saturated rings. The van der Waals surface area contributed by atoms with Gasteiger partial charge in [0.2, 0.25) is 0 Å². The third kappa shape index (κ3) is 2.60. The minimum atomic E-state index is 0.401. The standard InChI is InChI=1S/C17H19BrN2/c1-13-15(18)8-5-9-16(13)20-11-10-19-12-17(20)14-6-3-2-4-7-14/h2-9,17,19H,10-12H2,1H3. The van der Waals surface area contributed by atoms with Crippen molar-refractivity contribution in [3.8, 4) is 0 Å². The second kappa shape index (κ2) is 5.98. The van der Waals surface area contributed by atoms with Crippen LogP contribution in [0.25, 0.3) is 0 Å². The number of hydrogen-bond donors (Lipinski definition) is 1. The van der Waals surface area contributed by atoms with Crippen LogP contribution in [-0.4, -0.2) is 19.6 Å². The third-order valence-corrected chi connectivity index (χ3v) is 4.84. The second-order valence-electron chi connectivity index (χ2n) is 5.21. The van der Waals surface area contributed by atoms with Gasteiger partial charge in [-0.05, 0) is 30.2 Å². The predicted octanol–water partition coefficient (Wildman–Crippen LogP) is 3.91. The molecule has 1 aliphatic heterocycles. The number of benzene rings is 2. The molecule has 1 unspecified atom stereocenters. The number of piperazine rings is 1. The Labute approximate surface area is 128 Å². The van der Waals surface area contributed by atoms with Crippen LogP contribution >= 0.6 is 15.9 Å². The topological polar surface area (TPSA) is 15.3 Å². The number of nitrogens with one attached hydrogen (secondary N) is 1. The number of nitrogens with zero attached hydrogens (tertiary/aromatic N) is 1. The summed E-state index contributed by atoms with van der Waals surface area (Å²) in [6.45, 7) is 5.26. The molecule has 104 valence electrons. The molecule has 0 spiro atoms. The van der Waals surface area contributed by atoms with Gasteiger partial charge < -0.3 is 10.2 Å². The molecule has 2 aromatic rings. The highest BCUT2D eigenvalue weighted by molar-refractivity contribution is 9.10. The van der Waals surface area contributed by atoms with E-state index in [-0.39, 0.29) is 0 Å². The molecule has 2 nitrogen and oxygen atoms in total. The summed E-state index contributed by atoms with van der Waals surface area (Å²) in [6.07, 6.45) is 0. The van der Waals surface area contributed by atoms with Crippen LogP contribution in [0.4, 0.5) is 5.69 Å². The Morgan fingerprint density at radius 2 is 1.90 bits per heavy atom. The lowest BCUT2D eigenvalue weighted by molar-refractivity contribution is 0.489. The average Bonchev–Trinajstić information content (AvgIpc) is 2.51. The van der Waals surface area contributed by atoms with Crippen LogP contribution in [0.15, 0.2) is 53.0 Å². The summed E-state index contributed by atoms with van der Waals surface area (Å²) < 4.78 is 1.18. The molecule has 0 bridgehead atoms. The van der Waals surface area contributed by atoms with Crippen molar-refractivity contribution in [3.63, 3.8) is 0 Å².